The fraction of sp³-hybridized carbons (Fsp3) is 0.182. The van der Waals surface area contributed by atoms with Crippen molar-refractivity contribution in [3.05, 3.63) is 60.7 Å². The Kier molecular flexibility index (Phi) is 10.9. The molecule has 0 aliphatic heterocycles. The second kappa shape index (κ2) is 13.8. The number of hydrogen-bond donors (Lipinski definition) is 4. The predicted octanol–water partition coefficient (Wildman–Crippen LogP) is 3.11. The van der Waals surface area contributed by atoms with E-state index < -0.39 is 76.7 Å². The maximum Gasteiger partial charge on any atom is 0.397 e. The maximum absolute atomic E-state index is 12.3. The van der Waals surface area contributed by atoms with Crippen LogP contribution in [-0.4, -0.2) is 77.7 Å². The Hall–Kier alpha value is -3.90. The number of aromatic hydroxyl groups is 2. The molecule has 4 N–H and O–H groups in total. The van der Waals surface area contributed by atoms with Crippen molar-refractivity contribution in [3.63, 3.8) is 0 Å². The van der Waals surface area contributed by atoms with Gasteiger partial charge in [-0.1, -0.05) is 0 Å². The molecule has 0 unspecified atom stereocenters. The first kappa shape index (κ1) is 34.6. The topological polar surface area (TPSA) is 285 Å². The molecule has 0 atom stereocenters. The van der Waals surface area contributed by atoms with E-state index in [-0.39, 0.29) is 32.5 Å². The number of azo groups is 2. The molecule has 238 valence electrons. The molecule has 0 amide bonds. The minimum atomic E-state index is -4.79. The molecule has 44 heavy (non-hydrogen) atoms. The molecule has 3 aromatic rings. The number of nitrogens with zero attached hydrogens (tertiary/aromatic N) is 4. The first-order chi connectivity index (χ1) is 20.3. The number of phenolic OH excluding ortho intramolecular Hbond substituents is 2. The van der Waals surface area contributed by atoms with E-state index in [9.17, 15) is 43.9 Å². The second-order valence-corrected chi connectivity index (χ2v) is 14.8. The van der Waals surface area contributed by atoms with E-state index in [0.717, 1.165) is 36.4 Å². The fourth-order valence-electron chi connectivity index (χ4n) is 3.11. The summed E-state index contributed by atoms with van der Waals surface area (Å²) in [5.74, 6) is -2.44. The standard InChI is InChI=1S/C22H22N4O14S4/c27-21-14-22(28)20(26-24-16-3-7-18(8-4-16)42(31,32)12-10-40-44(36,37)38)13-19(21)25-23-15-1-5-17(6-2-15)41(29,30)11-9-39-43(33,34)35/h1-8,13-14,27-28H,9-12H2,(H,33,34,35)(H,36,37,38). The third kappa shape index (κ3) is 10.7. The van der Waals surface area contributed by atoms with Gasteiger partial charge in [0.25, 0.3) is 0 Å². The first-order valence-corrected chi connectivity index (χ1v) is 17.7. The first-order valence-electron chi connectivity index (χ1n) is 11.6. The normalized spacial score (nSPS) is 13.1. The van der Waals surface area contributed by atoms with Gasteiger partial charge in [-0.05, 0) is 48.5 Å². The average molecular weight is 695 g/mol. The van der Waals surface area contributed by atoms with Crippen LogP contribution in [0.4, 0.5) is 22.7 Å². The molecule has 0 heterocycles. The summed E-state index contributed by atoms with van der Waals surface area (Å²) in [6, 6.07) is 11.8. The van der Waals surface area contributed by atoms with E-state index in [4.69, 9.17) is 9.11 Å². The Morgan fingerprint density at radius 2 is 0.864 bits per heavy atom. The summed E-state index contributed by atoms with van der Waals surface area (Å²) in [5, 5.41) is 35.7. The quantitative estimate of drug-likeness (QED) is 0.139. The van der Waals surface area contributed by atoms with E-state index in [2.05, 4.69) is 28.8 Å². The molecular weight excluding hydrogens is 673 g/mol. The zero-order valence-electron chi connectivity index (χ0n) is 21.9. The summed E-state index contributed by atoms with van der Waals surface area (Å²) >= 11 is 0. The lowest BCUT2D eigenvalue weighted by Crippen LogP contribution is -2.15. The highest BCUT2D eigenvalue weighted by atomic mass is 32.3. The Balaban J connectivity index is 1.71. The Labute approximate surface area is 251 Å². The van der Waals surface area contributed by atoms with Crippen molar-refractivity contribution in [2.24, 2.45) is 20.5 Å². The third-order valence-electron chi connectivity index (χ3n) is 5.18. The highest BCUT2D eigenvalue weighted by Crippen LogP contribution is 2.39. The van der Waals surface area contributed by atoms with Crippen molar-refractivity contribution in [3.8, 4) is 11.5 Å². The van der Waals surface area contributed by atoms with Crippen LogP contribution < -0.4 is 0 Å². The van der Waals surface area contributed by atoms with Gasteiger partial charge in [0.05, 0.1) is 45.9 Å². The van der Waals surface area contributed by atoms with Crippen LogP contribution in [0, 0.1) is 0 Å². The van der Waals surface area contributed by atoms with Gasteiger partial charge in [-0.3, -0.25) is 9.11 Å². The molecule has 0 bridgehead atoms. The largest absolute Gasteiger partial charge is 0.505 e. The van der Waals surface area contributed by atoms with Gasteiger partial charge in [0, 0.05) is 12.1 Å². The molecular formula is C22H22N4O14S4. The van der Waals surface area contributed by atoms with E-state index in [1.54, 1.807) is 0 Å². The Bertz CT molecular complexity index is 1850. The van der Waals surface area contributed by atoms with E-state index >= 15 is 0 Å². The molecule has 0 aliphatic rings. The molecule has 0 saturated heterocycles. The van der Waals surface area contributed by atoms with Crippen LogP contribution in [0.25, 0.3) is 0 Å². The van der Waals surface area contributed by atoms with Crippen LogP contribution in [0.3, 0.4) is 0 Å². The number of hydrogen-bond acceptors (Lipinski definition) is 16. The molecule has 0 aromatic heterocycles. The minimum Gasteiger partial charge on any atom is -0.505 e. The molecule has 0 saturated carbocycles. The smallest absolute Gasteiger partial charge is 0.397 e. The SMILES string of the molecule is O=S(=O)(O)OCCS(=O)(=O)c1ccc(N=Nc2cc(N=Nc3ccc(S(=O)(=O)CCOS(=O)(=O)O)cc3)c(O)cc2O)cc1. The molecule has 18 nitrogen and oxygen atoms in total. The summed E-state index contributed by atoms with van der Waals surface area (Å²) in [7, 11) is -17.5. The van der Waals surface area contributed by atoms with Crippen molar-refractivity contribution in [1.82, 2.24) is 0 Å². The number of phenols is 2. The number of benzene rings is 3. The summed E-state index contributed by atoms with van der Waals surface area (Å²) in [4.78, 5) is -0.385. The van der Waals surface area contributed by atoms with Gasteiger partial charge in [0.1, 0.15) is 22.9 Å². The third-order valence-corrected chi connectivity index (χ3v) is 9.50. The lowest BCUT2D eigenvalue weighted by Gasteiger charge is -2.05. The highest BCUT2D eigenvalue weighted by molar-refractivity contribution is 7.91. The monoisotopic (exact) mass is 694 g/mol. The van der Waals surface area contributed by atoms with Gasteiger partial charge in [-0.25, -0.2) is 25.2 Å². The van der Waals surface area contributed by atoms with Gasteiger partial charge < -0.3 is 10.2 Å². The van der Waals surface area contributed by atoms with Crippen molar-refractivity contribution < 1.29 is 61.4 Å². The maximum atomic E-state index is 12.3. The number of rotatable bonds is 14. The van der Waals surface area contributed by atoms with Gasteiger partial charge >= 0.3 is 20.8 Å². The van der Waals surface area contributed by atoms with Crippen molar-refractivity contribution >= 4 is 63.2 Å². The van der Waals surface area contributed by atoms with Crippen LogP contribution in [0.2, 0.25) is 0 Å². The highest BCUT2D eigenvalue weighted by Gasteiger charge is 2.18. The zero-order valence-corrected chi connectivity index (χ0v) is 25.2. The minimum absolute atomic E-state index is 0.147. The zero-order chi connectivity index (χ0) is 32.8. The molecule has 22 heteroatoms. The fourth-order valence-corrected chi connectivity index (χ4v) is 6.09. The van der Waals surface area contributed by atoms with E-state index in [1.807, 2.05) is 0 Å². The summed E-state index contributed by atoms with van der Waals surface area (Å²) < 4.78 is 116. The van der Waals surface area contributed by atoms with Gasteiger partial charge in [-0.15, -0.1) is 10.2 Å². The summed E-state index contributed by atoms with van der Waals surface area (Å²) in [6.45, 7) is -1.60. The van der Waals surface area contributed by atoms with Crippen LogP contribution in [0.1, 0.15) is 0 Å². The summed E-state index contributed by atoms with van der Waals surface area (Å²) in [5.41, 5.74) is -0.0320. The van der Waals surface area contributed by atoms with Crippen molar-refractivity contribution in [1.29, 1.82) is 0 Å². The van der Waals surface area contributed by atoms with Crippen LogP contribution in [0.15, 0.2) is 90.9 Å². The van der Waals surface area contributed by atoms with Gasteiger partial charge in [-0.2, -0.15) is 27.1 Å². The Morgan fingerprint density at radius 1 is 0.523 bits per heavy atom. The number of sulfone groups is 2. The van der Waals surface area contributed by atoms with Crippen LogP contribution in [0.5, 0.6) is 11.5 Å². The summed E-state index contributed by atoms with van der Waals surface area (Å²) in [6.07, 6.45) is 0. The van der Waals surface area contributed by atoms with E-state index in [1.165, 1.54) is 24.3 Å². The van der Waals surface area contributed by atoms with Crippen molar-refractivity contribution in [2.45, 2.75) is 9.79 Å². The Morgan fingerprint density at radius 3 is 1.18 bits per heavy atom. The molecule has 0 aliphatic carbocycles. The van der Waals surface area contributed by atoms with Gasteiger partial charge in [0.15, 0.2) is 19.7 Å². The van der Waals surface area contributed by atoms with Crippen LogP contribution in [-0.2, 0) is 48.8 Å². The van der Waals surface area contributed by atoms with Crippen molar-refractivity contribution in [2.75, 3.05) is 24.7 Å². The molecule has 3 aromatic carbocycles. The van der Waals surface area contributed by atoms with Gasteiger partial charge in [0.2, 0.25) is 0 Å². The van der Waals surface area contributed by atoms with Crippen LogP contribution >= 0.6 is 0 Å². The lowest BCUT2D eigenvalue weighted by molar-refractivity contribution is 0.282. The molecule has 3 rings (SSSR count). The van der Waals surface area contributed by atoms with E-state index in [0.29, 0.717) is 0 Å². The second-order valence-electron chi connectivity index (χ2n) is 8.35. The lowest BCUT2D eigenvalue weighted by atomic mass is 10.2. The average Bonchev–Trinajstić information content (AvgIpc) is 2.91. The molecule has 0 fully saturated rings. The predicted molar refractivity (Wildman–Crippen MR) is 150 cm³/mol. The molecule has 0 spiro atoms. The molecule has 0 radical (unpaired) electrons.